The number of nitrogens with zero attached hydrogens (tertiary/aromatic N) is 3. The van der Waals surface area contributed by atoms with Gasteiger partial charge in [0.2, 0.25) is 0 Å². The van der Waals surface area contributed by atoms with E-state index < -0.39 is 11.6 Å². The Kier molecular flexibility index (Phi) is 8.83. The van der Waals surface area contributed by atoms with Crippen LogP contribution in [0.3, 0.4) is 0 Å². The van der Waals surface area contributed by atoms with Gasteiger partial charge in [0.15, 0.2) is 5.82 Å². The normalized spacial score (nSPS) is 10.7. The van der Waals surface area contributed by atoms with Crippen LogP contribution in [-0.2, 0) is 17.7 Å². The van der Waals surface area contributed by atoms with Gasteiger partial charge < -0.3 is 15.8 Å². The largest absolute Gasteiger partial charge is 0.378 e. The Morgan fingerprint density at radius 3 is 2.59 bits per heavy atom. The van der Waals surface area contributed by atoms with Crippen LogP contribution in [0.25, 0.3) is 10.9 Å². The van der Waals surface area contributed by atoms with Crippen molar-refractivity contribution in [3.05, 3.63) is 77.1 Å². The second-order valence-corrected chi connectivity index (χ2v) is 7.20. The third-order valence-corrected chi connectivity index (χ3v) is 4.85. The zero-order valence-electron chi connectivity index (χ0n) is 19.1. The van der Waals surface area contributed by atoms with Crippen molar-refractivity contribution < 1.29 is 18.3 Å². The third kappa shape index (κ3) is 6.24. The second kappa shape index (κ2) is 12.0. The molecular weight excluding hydrogens is 442 g/mol. The molecule has 0 spiro atoms. The number of nitrogens with two attached hydrogens (primary N) is 1. The van der Waals surface area contributed by atoms with Crippen molar-refractivity contribution >= 4 is 22.6 Å². The number of hydrogen-bond acceptors (Lipinski definition) is 5. The molecule has 4 rings (SSSR count). The summed E-state index contributed by atoms with van der Waals surface area (Å²) >= 11 is 0. The van der Waals surface area contributed by atoms with Crippen LogP contribution in [0.2, 0.25) is 0 Å². The summed E-state index contributed by atoms with van der Waals surface area (Å²) in [7, 11) is 0. The average Bonchev–Trinajstić information content (AvgIpc) is 3.44. The zero-order chi connectivity index (χ0) is 24.5. The highest BCUT2D eigenvalue weighted by Crippen LogP contribution is 2.24. The number of fused-ring (bicyclic) bond motifs is 1. The van der Waals surface area contributed by atoms with E-state index in [0.29, 0.717) is 55.2 Å². The molecule has 0 unspecified atom stereocenters. The molecule has 2 aromatic carbocycles. The fraction of sp³-hybridized carbons (Fsp3) is 0.292. The summed E-state index contributed by atoms with van der Waals surface area (Å²) < 4.78 is 33.9. The zero-order valence-corrected chi connectivity index (χ0v) is 19.1. The highest BCUT2D eigenvalue weighted by atomic mass is 19.1. The van der Waals surface area contributed by atoms with Crippen LogP contribution in [0.5, 0.6) is 0 Å². The number of ether oxygens (including phenoxy) is 1. The number of aromatic amines is 1. The molecular formula is C24H28F2N6O2. The number of amides is 1. The molecule has 0 saturated heterocycles. The van der Waals surface area contributed by atoms with Crippen molar-refractivity contribution in [1.29, 1.82) is 0 Å². The molecule has 180 valence electrons. The van der Waals surface area contributed by atoms with Crippen molar-refractivity contribution in [1.82, 2.24) is 20.0 Å². The fourth-order valence-corrected chi connectivity index (χ4v) is 3.43. The number of nitrogens with one attached hydrogen (secondary N) is 2. The number of carbonyl (C=O) groups is 1. The summed E-state index contributed by atoms with van der Waals surface area (Å²) in [5, 5.41) is 14.7. The highest BCUT2D eigenvalue weighted by molar-refractivity contribution is 6.07. The molecule has 0 aliphatic rings. The summed E-state index contributed by atoms with van der Waals surface area (Å²) in [4.78, 5) is 12.8. The van der Waals surface area contributed by atoms with Crippen molar-refractivity contribution in [3.8, 4) is 0 Å². The fourth-order valence-electron chi connectivity index (χ4n) is 3.43. The van der Waals surface area contributed by atoms with Crippen molar-refractivity contribution in [2.75, 3.05) is 25.1 Å². The molecule has 4 aromatic rings. The van der Waals surface area contributed by atoms with Gasteiger partial charge in [0.1, 0.15) is 17.3 Å². The van der Waals surface area contributed by atoms with Gasteiger partial charge in [-0.15, -0.1) is 0 Å². The first-order chi connectivity index (χ1) is 16.5. The summed E-state index contributed by atoms with van der Waals surface area (Å²) in [5.74, 6) is -1.26. The summed E-state index contributed by atoms with van der Waals surface area (Å²) in [6.07, 6.45) is 1.87. The molecule has 1 amide bonds. The molecule has 0 atom stereocenters. The van der Waals surface area contributed by atoms with Gasteiger partial charge in [0.05, 0.1) is 25.3 Å². The van der Waals surface area contributed by atoms with Gasteiger partial charge in [-0.1, -0.05) is 19.9 Å². The molecule has 0 saturated carbocycles. The van der Waals surface area contributed by atoms with Crippen LogP contribution in [-0.4, -0.2) is 45.6 Å². The van der Waals surface area contributed by atoms with E-state index in [1.165, 1.54) is 18.3 Å². The van der Waals surface area contributed by atoms with E-state index in [1.807, 2.05) is 32.0 Å². The maximum atomic E-state index is 13.5. The topological polar surface area (TPSA) is 111 Å². The quantitative estimate of drug-likeness (QED) is 0.322. The molecule has 34 heavy (non-hydrogen) atoms. The number of halogens is 2. The molecule has 8 nitrogen and oxygen atoms in total. The minimum atomic E-state index is -0.623. The van der Waals surface area contributed by atoms with Crippen LogP contribution < -0.4 is 11.1 Å². The number of anilines is 1. The van der Waals surface area contributed by atoms with E-state index in [4.69, 9.17) is 10.5 Å². The monoisotopic (exact) mass is 470 g/mol. The van der Waals surface area contributed by atoms with Gasteiger partial charge in [0.25, 0.3) is 5.91 Å². The maximum Gasteiger partial charge on any atom is 0.275 e. The molecule has 0 radical (unpaired) electrons. The van der Waals surface area contributed by atoms with E-state index in [0.717, 1.165) is 17.1 Å². The first-order valence-corrected chi connectivity index (χ1v) is 11.1. The second-order valence-electron chi connectivity index (χ2n) is 7.20. The number of rotatable bonds is 9. The van der Waals surface area contributed by atoms with Crippen LogP contribution in [0, 0.1) is 11.6 Å². The van der Waals surface area contributed by atoms with Gasteiger partial charge in [-0.3, -0.25) is 14.6 Å². The minimum absolute atomic E-state index is 0.332. The Labute approximate surface area is 196 Å². The molecule has 4 N–H and O–H groups in total. The lowest BCUT2D eigenvalue weighted by atomic mass is 10.0. The van der Waals surface area contributed by atoms with Crippen molar-refractivity contribution in [3.63, 3.8) is 0 Å². The number of benzene rings is 2. The first kappa shape index (κ1) is 25.0. The van der Waals surface area contributed by atoms with Crippen molar-refractivity contribution in [2.24, 2.45) is 5.73 Å². The molecule has 2 aromatic heterocycles. The molecule has 10 heteroatoms. The van der Waals surface area contributed by atoms with E-state index in [2.05, 4.69) is 20.6 Å². The van der Waals surface area contributed by atoms with Crippen LogP contribution in [0.15, 0.2) is 48.7 Å². The Morgan fingerprint density at radius 1 is 1.09 bits per heavy atom. The highest BCUT2D eigenvalue weighted by Gasteiger charge is 2.16. The van der Waals surface area contributed by atoms with Gasteiger partial charge in [-0.2, -0.15) is 10.2 Å². The Morgan fingerprint density at radius 2 is 1.85 bits per heavy atom. The van der Waals surface area contributed by atoms with Crippen molar-refractivity contribution in [2.45, 2.75) is 26.8 Å². The number of H-pyrrole nitrogens is 1. The Balaban J connectivity index is 0.00000158. The SMILES string of the molecule is CC.NCCOCCn1nccc1C(=O)Nc1n[nH]c2ccc(Cc3cc(F)cc(F)c3)cc12. The smallest absolute Gasteiger partial charge is 0.275 e. The van der Waals surface area contributed by atoms with Gasteiger partial charge in [-0.05, 0) is 47.9 Å². The van der Waals surface area contributed by atoms with Crippen LogP contribution >= 0.6 is 0 Å². The first-order valence-electron chi connectivity index (χ1n) is 11.1. The lowest BCUT2D eigenvalue weighted by molar-refractivity contribution is 0.100. The lowest BCUT2D eigenvalue weighted by Crippen LogP contribution is -2.20. The number of carbonyl (C=O) groups excluding carboxylic acids is 1. The maximum absolute atomic E-state index is 13.5. The average molecular weight is 471 g/mol. The lowest BCUT2D eigenvalue weighted by Gasteiger charge is -2.08. The van der Waals surface area contributed by atoms with E-state index in [1.54, 1.807) is 10.7 Å². The summed E-state index contributed by atoms with van der Waals surface area (Å²) in [5.41, 5.74) is 7.82. The van der Waals surface area contributed by atoms with Gasteiger partial charge in [-0.25, -0.2) is 8.78 Å². The van der Waals surface area contributed by atoms with Crippen LogP contribution in [0.1, 0.15) is 35.5 Å². The molecule has 0 aliphatic carbocycles. The summed E-state index contributed by atoms with van der Waals surface area (Å²) in [6.45, 7) is 5.65. The molecule has 0 bridgehead atoms. The predicted molar refractivity (Wildman–Crippen MR) is 127 cm³/mol. The Hall–Kier alpha value is -3.63. The van der Waals surface area contributed by atoms with Gasteiger partial charge >= 0.3 is 0 Å². The number of hydrogen-bond donors (Lipinski definition) is 3. The minimum Gasteiger partial charge on any atom is -0.378 e. The van der Waals surface area contributed by atoms with Crippen LogP contribution in [0.4, 0.5) is 14.6 Å². The van der Waals surface area contributed by atoms with Gasteiger partial charge in [0, 0.05) is 24.2 Å². The molecule has 2 heterocycles. The van der Waals surface area contributed by atoms with E-state index in [-0.39, 0.29) is 5.91 Å². The Bertz CT molecular complexity index is 1220. The summed E-state index contributed by atoms with van der Waals surface area (Å²) in [6, 6.07) is 10.5. The molecule has 0 fully saturated rings. The van der Waals surface area contributed by atoms with E-state index >= 15 is 0 Å². The molecule has 0 aliphatic heterocycles. The standard InChI is InChI=1S/C22H22F2N6O2.C2H6/c23-16-10-15(11-17(24)13-16)9-14-1-2-19-18(12-14)21(29-28-19)27-22(31)20-3-5-26-30(20)6-8-32-7-4-25;1-2/h1-3,5,10-13H,4,6-9,25H2,(H2,27,28,29,31);1-2H3. The number of aromatic nitrogens is 4. The van der Waals surface area contributed by atoms with E-state index in [9.17, 15) is 13.6 Å². The predicted octanol–water partition coefficient (Wildman–Crippen LogP) is 3.88. The third-order valence-electron chi connectivity index (χ3n) is 4.85.